The molecular formula is C40H30ClN10O6+. The van der Waals surface area contributed by atoms with Crippen LogP contribution in [0.3, 0.4) is 0 Å². The number of halogens is 1. The summed E-state index contributed by atoms with van der Waals surface area (Å²) in [5.41, 5.74) is 4.76. The van der Waals surface area contributed by atoms with Crippen molar-refractivity contribution in [2.75, 3.05) is 14.2 Å². The van der Waals surface area contributed by atoms with Crippen molar-refractivity contribution < 1.29 is 41.3 Å². The molecule has 17 heteroatoms. The molecule has 8 rings (SSSR count). The molecule has 282 valence electrons. The fourth-order valence-electron chi connectivity index (χ4n) is 6.13. The zero-order chi connectivity index (χ0) is 38.8. The van der Waals surface area contributed by atoms with Gasteiger partial charge in [-0.2, -0.15) is 0 Å². The molecule has 16 nitrogen and oxygen atoms in total. The number of hydrogen-bond donors (Lipinski definition) is 0. The van der Waals surface area contributed by atoms with Crippen molar-refractivity contribution in [2.24, 2.45) is 0 Å². The van der Waals surface area contributed by atoms with Gasteiger partial charge in [-0.3, -0.25) is 20.2 Å². The van der Waals surface area contributed by atoms with Crippen LogP contribution in [0.15, 0.2) is 146 Å². The first-order valence-electron chi connectivity index (χ1n) is 17.1. The molecule has 57 heavy (non-hydrogen) atoms. The molecule has 0 bridgehead atoms. The molecule has 0 fully saturated rings. The Balaban J connectivity index is 0.00000496. The highest BCUT2D eigenvalue weighted by molar-refractivity contribution is 5.70. The van der Waals surface area contributed by atoms with Crippen molar-refractivity contribution >= 4 is 11.4 Å². The van der Waals surface area contributed by atoms with Gasteiger partial charge in [0.1, 0.15) is 11.4 Å². The van der Waals surface area contributed by atoms with Gasteiger partial charge in [0.15, 0.2) is 11.5 Å². The maximum atomic E-state index is 11.7. The molecule has 0 spiro atoms. The lowest BCUT2D eigenvalue weighted by molar-refractivity contribution is -0.734. The van der Waals surface area contributed by atoms with Crippen LogP contribution in [0.1, 0.15) is 0 Å². The number of tetrazole rings is 2. The van der Waals surface area contributed by atoms with Crippen LogP contribution in [0.4, 0.5) is 11.4 Å². The highest BCUT2D eigenvalue weighted by atomic mass is 35.5. The monoisotopic (exact) mass is 781 g/mol. The number of nitro benzene ring substituents is 2. The van der Waals surface area contributed by atoms with E-state index in [1.54, 1.807) is 38.5 Å². The van der Waals surface area contributed by atoms with E-state index in [-0.39, 0.29) is 23.8 Å². The van der Waals surface area contributed by atoms with Crippen molar-refractivity contribution in [1.29, 1.82) is 0 Å². The lowest BCUT2D eigenvalue weighted by Gasteiger charge is -2.11. The fourth-order valence-corrected chi connectivity index (χ4v) is 6.13. The average molecular weight is 782 g/mol. The highest BCUT2D eigenvalue weighted by Crippen LogP contribution is 2.32. The quantitative estimate of drug-likeness (QED) is 0.108. The molecule has 0 saturated carbocycles. The minimum Gasteiger partial charge on any atom is -1.00 e. The largest absolute Gasteiger partial charge is 1.00 e. The Kier molecular flexibility index (Phi) is 10.4. The molecular weight excluding hydrogens is 752 g/mol. The highest BCUT2D eigenvalue weighted by Gasteiger charge is 2.29. The van der Waals surface area contributed by atoms with E-state index in [1.165, 1.54) is 43.5 Å². The molecule has 0 atom stereocenters. The maximum absolute atomic E-state index is 11.7. The molecule has 0 amide bonds. The number of hydrogen-bond acceptors (Lipinski definition) is 10. The van der Waals surface area contributed by atoms with Crippen LogP contribution in [0.2, 0.25) is 0 Å². The summed E-state index contributed by atoms with van der Waals surface area (Å²) < 4.78 is 11.8. The number of nitrogens with zero attached hydrogens (tertiary/aromatic N) is 10. The zero-order valence-corrected chi connectivity index (χ0v) is 30.9. The van der Waals surface area contributed by atoms with E-state index in [2.05, 4.69) is 0 Å². The average Bonchev–Trinajstić information content (AvgIpc) is 3.90. The van der Waals surface area contributed by atoms with Gasteiger partial charge in [-0.15, -0.1) is 0 Å². The van der Waals surface area contributed by atoms with Gasteiger partial charge in [0.25, 0.3) is 11.4 Å². The molecule has 8 aromatic rings. The van der Waals surface area contributed by atoms with Gasteiger partial charge in [-0.05, 0) is 104 Å². The van der Waals surface area contributed by atoms with Crippen molar-refractivity contribution in [1.82, 2.24) is 30.0 Å². The molecule has 6 aromatic carbocycles. The second-order valence-electron chi connectivity index (χ2n) is 12.3. The summed E-state index contributed by atoms with van der Waals surface area (Å²) in [6.07, 6.45) is 0. The van der Waals surface area contributed by atoms with Crippen LogP contribution in [-0.4, -0.2) is 54.1 Å². The first kappa shape index (κ1) is 37.5. The third-order valence-electron chi connectivity index (χ3n) is 8.85. The molecule has 2 heterocycles. The normalized spacial score (nSPS) is 10.8. The van der Waals surface area contributed by atoms with E-state index in [9.17, 15) is 20.2 Å². The van der Waals surface area contributed by atoms with E-state index >= 15 is 0 Å². The van der Waals surface area contributed by atoms with Crippen molar-refractivity contribution in [3.05, 3.63) is 166 Å². The number of ether oxygens (including phenoxy) is 2. The Morgan fingerprint density at radius 2 is 0.912 bits per heavy atom. The molecule has 0 N–H and O–H groups in total. The van der Waals surface area contributed by atoms with Crippen LogP contribution >= 0.6 is 0 Å². The van der Waals surface area contributed by atoms with Crippen molar-refractivity contribution in [2.45, 2.75) is 0 Å². The van der Waals surface area contributed by atoms with Gasteiger partial charge in [-0.1, -0.05) is 48.5 Å². The molecule has 0 radical (unpaired) electrons. The first-order chi connectivity index (χ1) is 27.3. The van der Waals surface area contributed by atoms with Crippen LogP contribution in [0, 0.1) is 20.2 Å². The van der Waals surface area contributed by atoms with E-state index in [4.69, 9.17) is 29.9 Å². The third-order valence-corrected chi connectivity index (χ3v) is 8.85. The van der Waals surface area contributed by atoms with E-state index in [1.807, 2.05) is 97.1 Å². The minimum atomic E-state index is -0.462. The molecule has 0 aliphatic carbocycles. The van der Waals surface area contributed by atoms with Crippen LogP contribution < -0.4 is 31.5 Å². The predicted octanol–water partition coefficient (Wildman–Crippen LogP) is 3.24. The number of aromatic nitrogens is 8. The summed E-state index contributed by atoms with van der Waals surface area (Å²) in [6.45, 7) is 0. The van der Waals surface area contributed by atoms with Gasteiger partial charge in [-0.25, -0.2) is 0 Å². The SMILES string of the molecule is COc1cc(-c2ccc(-[n+]3nc(-c4ccccc4)nn3-c3cccc([N+](=O)[O-])c3)c(OC)c2)ccc1-[n+]1nc(-c2ccccc2)nn1-c1cccc([N+](=O)[O-])c1.[Cl-]. The van der Waals surface area contributed by atoms with E-state index in [0.29, 0.717) is 45.9 Å². The van der Waals surface area contributed by atoms with E-state index < -0.39 is 9.85 Å². The Morgan fingerprint density at radius 3 is 1.28 bits per heavy atom. The lowest BCUT2D eigenvalue weighted by Crippen LogP contribution is -3.00. The molecule has 0 aliphatic heterocycles. The Bertz CT molecular complexity index is 2570. The summed E-state index contributed by atoms with van der Waals surface area (Å²) in [7, 11) is 3.08. The zero-order valence-electron chi connectivity index (χ0n) is 30.2. The van der Waals surface area contributed by atoms with Crippen molar-refractivity contribution in [3.8, 4) is 68.2 Å². The Hall–Kier alpha value is -7.85. The fraction of sp³-hybridized carbons (Fsp3) is 0.0500. The van der Waals surface area contributed by atoms with Gasteiger partial charge in [0.2, 0.25) is 11.4 Å². The van der Waals surface area contributed by atoms with Gasteiger partial charge in [0.05, 0.1) is 45.4 Å². The molecule has 0 saturated heterocycles. The van der Waals surface area contributed by atoms with Crippen molar-refractivity contribution in [3.63, 3.8) is 0 Å². The van der Waals surface area contributed by atoms with Gasteiger partial charge >= 0.3 is 11.6 Å². The second kappa shape index (κ2) is 15.9. The predicted molar refractivity (Wildman–Crippen MR) is 202 cm³/mol. The van der Waals surface area contributed by atoms with Crippen LogP contribution in [0.25, 0.3) is 56.7 Å². The number of non-ortho nitro benzene ring substituents is 2. The Morgan fingerprint density at radius 1 is 0.509 bits per heavy atom. The number of nitro groups is 2. The standard InChI is InChI=1S/C40H30N10O6.ClH/c1-55-37-23-29(19-21-35(37)47-43-39(27-11-5-3-6-12-27)41-45(47)31-15-9-17-33(25-31)49(51)52)30-20-22-36(38(24-30)56-2)48-44-40(28-13-7-4-8-14-28)42-46(48)32-16-10-18-34(26-32)50(53)54;/h3-26H,1-2H3;1H/q+2;/p-1. The number of methoxy groups -OCH3 is 2. The molecule has 2 aromatic heterocycles. The summed E-state index contributed by atoms with van der Waals surface area (Å²) in [4.78, 5) is 28.4. The van der Waals surface area contributed by atoms with Gasteiger partial charge in [0, 0.05) is 33.9 Å². The lowest BCUT2D eigenvalue weighted by atomic mass is 10.0. The summed E-state index contributed by atoms with van der Waals surface area (Å²) >= 11 is 0. The summed E-state index contributed by atoms with van der Waals surface area (Å²) in [6, 6.07) is 42.2. The number of benzene rings is 6. The topological polar surface area (TPSA) is 174 Å². The first-order valence-corrected chi connectivity index (χ1v) is 17.1. The summed E-state index contributed by atoms with van der Waals surface area (Å²) in [5.74, 6) is 1.69. The third kappa shape index (κ3) is 7.35. The van der Waals surface area contributed by atoms with E-state index in [0.717, 1.165) is 22.3 Å². The Labute approximate surface area is 330 Å². The second-order valence-corrected chi connectivity index (χ2v) is 12.3. The smallest absolute Gasteiger partial charge is 0.340 e. The summed E-state index contributed by atoms with van der Waals surface area (Å²) in [5, 5.41) is 42.4. The minimum absolute atomic E-state index is 0. The van der Waals surface area contributed by atoms with Crippen LogP contribution in [-0.2, 0) is 0 Å². The maximum Gasteiger partial charge on any atom is 0.340 e. The molecule has 0 aliphatic rings. The van der Waals surface area contributed by atoms with Gasteiger partial charge < -0.3 is 21.9 Å². The van der Waals surface area contributed by atoms with Crippen LogP contribution in [0.5, 0.6) is 11.5 Å². The number of rotatable bonds is 11. The molecule has 0 unspecified atom stereocenters.